The van der Waals surface area contributed by atoms with Crippen molar-refractivity contribution in [3.8, 4) is 0 Å². The van der Waals surface area contributed by atoms with Gasteiger partial charge in [0.15, 0.2) is 0 Å². The molecule has 0 aliphatic rings. The minimum Gasteiger partial charge on any atom is -0.311 e. The molecule has 0 bridgehead atoms. The van der Waals surface area contributed by atoms with Crippen LogP contribution in [0.15, 0.2) is 36.8 Å². The zero-order chi connectivity index (χ0) is 13.8. The monoisotopic (exact) mass is 269 g/mol. The van der Waals surface area contributed by atoms with Gasteiger partial charge in [0.05, 0.1) is 11.9 Å². The smallest absolute Gasteiger partial charge is 0.137 e. The van der Waals surface area contributed by atoms with Crippen LogP contribution < -0.4 is 5.32 Å². The molecular weight excluding hydrogens is 250 g/mol. The lowest BCUT2D eigenvalue weighted by Crippen LogP contribution is -2.15. The fraction of sp³-hybridized carbons (Fsp3) is 0.333. The van der Waals surface area contributed by atoms with Gasteiger partial charge in [-0.15, -0.1) is 0 Å². The first-order chi connectivity index (χ1) is 9.83. The Morgan fingerprint density at radius 2 is 2.30 bits per heavy atom. The molecule has 104 valence electrons. The topological polar surface area (TPSA) is 58.0 Å². The van der Waals surface area contributed by atoms with Crippen LogP contribution in [0.5, 0.6) is 0 Å². The summed E-state index contributed by atoms with van der Waals surface area (Å²) in [5.74, 6) is 0. The summed E-state index contributed by atoms with van der Waals surface area (Å²) in [6, 6.07) is 6.04. The van der Waals surface area contributed by atoms with Crippen LogP contribution in [-0.4, -0.2) is 26.1 Å². The maximum absolute atomic E-state index is 4.56. The van der Waals surface area contributed by atoms with Crippen LogP contribution in [0.3, 0.4) is 0 Å². The fourth-order valence-corrected chi connectivity index (χ4v) is 2.32. The second-order valence-electron chi connectivity index (χ2n) is 5.00. The van der Waals surface area contributed by atoms with E-state index in [2.05, 4.69) is 33.6 Å². The molecular formula is C15H19N5. The van der Waals surface area contributed by atoms with Crippen LogP contribution in [0.4, 0.5) is 0 Å². The fourth-order valence-electron chi connectivity index (χ4n) is 2.32. The van der Waals surface area contributed by atoms with Crippen LogP contribution in [0.25, 0.3) is 5.65 Å². The van der Waals surface area contributed by atoms with Crippen LogP contribution in [0, 0.1) is 6.92 Å². The molecule has 0 spiro atoms. The van der Waals surface area contributed by atoms with Gasteiger partial charge in [-0.3, -0.25) is 5.10 Å². The summed E-state index contributed by atoms with van der Waals surface area (Å²) in [5.41, 5.74) is 4.55. The number of aromatic nitrogens is 4. The highest BCUT2D eigenvalue weighted by Gasteiger charge is 2.01. The largest absolute Gasteiger partial charge is 0.311 e. The second kappa shape index (κ2) is 5.88. The van der Waals surface area contributed by atoms with Crippen LogP contribution in [0.1, 0.15) is 23.4 Å². The average Bonchev–Trinajstić information content (AvgIpc) is 3.04. The van der Waals surface area contributed by atoms with Crippen molar-refractivity contribution in [3.63, 3.8) is 0 Å². The van der Waals surface area contributed by atoms with Crippen molar-refractivity contribution in [2.24, 2.45) is 0 Å². The summed E-state index contributed by atoms with van der Waals surface area (Å²) in [6.45, 7) is 3.86. The Labute approximate surface area is 118 Å². The first kappa shape index (κ1) is 12.9. The Kier molecular flexibility index (Phi) is 3.78. The lowest BCUT2D eigenvalue weighted by atomic mass is 10.1. The van der Waals surface area contributed by atoms with Crippen molar-refractivity contribution in [1.82, 2.24) is 24.9 Å². The maximum Gasteiger partial charge on any atom is 0.137 e. The molecule has 3 aromatic heterocycles. The number of nitrogens with one attached hydrogen (secondary N) is 2. The molecule has 20 heavy (non-hydrogen) atoms. The quantitative estimate of drug-likeness (QED) is 0.674. The van der Waals surface area contributed by atoms with Gasteiger partial charge in [-0.05, 0) is 44.0 Å². The predicted molar refractivity (Wildman–Crippen MR) is 78.5 cm³/mol. The summed E-state index contributed by atoms with van der Waals surface area (Å²) in [5, 5.41) is 10.4. The first-order valence-corrected chi connectivity index (χ1v) is 6.95. The number of H-pyrrole nitrogens is 1. The van der Waals surface area contributed by atoms with Gasteiger partial charge in [0.2, 0.25) is 0 Å². The molecule has 0 radical (unpaired) electrons. The summed E-state index contributed by atoms with van der Waals surface area (Å²) < 4.78 is 2.05. The Morgan fingerprint density at radius 3 is 3.10 bits per heavy atom. The van der Waals surface area contributed by atoms with E-state index >= 15 is 0 Å². The number of aromatic amines is 1. The SMILES string of the molecule is Cc1[nH]ncc1CCCNCc1cn2ccccc2n1. The van der Waals surface area contributed by atoms with Crippen molar-refractivity contribution in [3.05, 3.63) is 53.7 Å². The van der Waals surface area contributed by atoms with Gasteiger partial charge < -0.3 is 9.72 Å². The highest BCUT2D eigenvalue weighted by molar-refractivity contribution is 5.39. The molecule has 0 aliphatic carbocycles. The van der Waals surface area contributed by atoms with E-state index in [0.717, 1.165) is 37.3 Å². The molecule has 0 amide bonds. The van der Waals surface area contributed by atoms with Gasteiger partial charge in [0.1, 0.15) is 5.65 Å². The van der Waals surface area contributed by atoms with E-state index in [0.29, 0.717) is 0 Å². The van der Waals surface area contributed by atoms with Crippen molar-refractivity contribution < 1.29 is 0 Å². The highest BCUT2D eigenvalue weighted by atomic mass is 15.1. The lowest BCUT2D eigenvalue weighted by Gasteiger charge is -2.02. The molecule has 0 atom stereocenters. The van der Waals surface area contributed by atoms with Crippen molar-refractivity contribution in [2.45, 2.75) is 26.3 Å². The zero-order valence-corrected chi connectivity index (χ0v) is 11.6. The van der Waals surface area contributed by atoms with Gasteiger partial charge in [-0.2, -0.15) is 5.10 Å². The van der Waals surface area contributed by atoms with E-state index in [9.17, 15) is 0 Å². The molecule has 0 fully saturated rings. The molecule has 2 N–H and O–H groups in total. The number of hydrogen-bond donors (Lipinski definition) is 2. The van der Waals surface area contributed by atoms with E-state index in [1.165, 1.54) is 11.3 Å². The molecule has 0 unspecified atom stereocenters. The predicted octanol–water partition coefficient (Wildman–Crippen LogP) is 2.09. The van der Waals surface area contributed by atoms with E-state index in [1.54, 1.807) is 0 Å². The lowest BCUT2D eigenvalue weighted by molar-refractivity contribution is 0.642. The Balaban J connectivity index is 1.44. The molecule has 3 rings (SSSR count). The number of pyridine rings is 1. The van der Waals surface area contributed by atoms with Crippen LogP contribution >= 0.6 is 0 Å². The maximum atomic E-state index is 4.56. The molecule has 5 heteroatoms. The number of nitrogens with zero attached hydrogens (tertiary/aromatic N) is 3. The minimum absolute atomic E-state index is 0.812. The van der Waals surface area contributed by atoms with Gasteiger partial charge in [0.25, 0.3) is 0 Å². The van der Waals surface area contributed by atoms with Crippen molar-refractivity contribution in [2.75, 3.05) is 6.54 Å². The zero-order valence-electron chi connectivity index (χ0n) is 11.6. The second-order valence-corrected chi connectivity index (χ2v) is 5.00. The number of rotatable bonds is 6. The standard InChI is InChI=1S/C15H19N5/c1-12-13(9-17-19-12)5-4-7-16-10-14-11-20-8-3-2-6-15(20)18-14/h2-3,6,8-9,11,16H,4-5,7,10H2,1H3,(H,17,19). The Bertz CT molecular complexity index is 649. The van der Waals surface area contributed by atoms with Crippen molar-refractivity contribution >= 4 is 5.65 Å². The molecule has 0 saturated heterocycles. The summed E-state index contributed by atoms with van der Waals surface area (Å²) in [7, 11) is 0. The van der Waals surface area contributed by atoms with Crippen LogP contribution in [0.2, 0.25) is 0 Å². The van der Waals surface area contributed by atoms with E-state index in [4.69, 9.17) is 0 Å². The third kappa shape index (κ3) is 2.88. The molecule has 3 aromatic rings. The number of fused-ring (bicyclic) bond motifs is 1. The molecule has 5 nitrogen and oxygen atoms in total. The number of imidazole rings is 1. The Hall–Kier alpha value is -2.14. The summed E-state index contributed by atoms with van der Waals surface area (Å²) in [4.78, 5) is 4.56. The first-order valence-electron chi connectivity index (χ1n) is 6.95. The molecule has 0 saturated carbocycles. The van der Waals surface area contributed by atoms with Crippen molar-refractivity contribution in [1.29, 1.82) is 0 Å². The molecule has 0 aliphatic heterocycles. The number of hydrogen-bond acceptors (Lipinski definition) is 3. The van der Waals surface area contributed by atoms with Gasteiger partial charge in [-0.25, -0.2) is 4.98 Å². The van der Waals surface area contributed by atoms with E-state index < -0.39 is 0 Å². The summed E-state index contributed by atoms with van der Waals surface area (Å²) in [6.07, 6.45) is 8.17. The van der Waals surface area contributed by atoms with Crippen LogP contribution in [-0.2, 0) is 13.0 Å². The highest BCUT2D eigenvalue weighted by Crippen LogP contribution is 2.06. The summed E-state index contributed by atoms with van der Waals surface area (Å²) >= 11 is 0. The molecule has 3 heterocycles. The average molecular weight is 269 g/mol. The van der Waals surface area contributed by atoms with Gasteiger partial charge in [-0.1, -0.05) is 6.07 Å². The minimum atomic E-state index is 0.812. The molecule has 0 aromatic carbocycles. The van der Waals surface area contributed by atoms with E-state index in [-0.39, 0.29) is 0 Å². The normalized spacial score (nSPS) is 11.2. The number of aryl methyl sites for hydroxylation is 2. The van der Waals surface area contributed by atoms with E-state index in [1.807, 2.05) is 35.0 Å². The van der Waals surface area contributed by atoms with Gasteiger partial charge >= 0.3 is 0 Å². The Morgan fingerprint density at radius 1 is 1.35 bits per heavy atom. The third-order valence-corrected chi connectivity index (χ3v) is 3.45. The third-order valence-electron chi connectivity index (χ3n) is 3.45. The van der Waals surface area contributed by atoms with Gasteiger partial charge in [0, 0.05) is 24.6 Å².